The summed E-state index contributed by atoms with van der Waals surface area (Å²) < 4.78 is 54.0. The molecule has 2 aromatic rings. The van der Waals surface area contributed by atoms with E-state index in [1.54, 1.807) is 12.1 Å². The van der Waals surface area contributed by atoms with Crippen LogP contribution in [0.5, 0.6) is 0 Å². The first-order valence-corrected chi connectivity index (χ1v) is 10.9. The molecular weight excluding hydrogens is 396 g/mol. The molecule has 2 aliphatic rings. The molecule has 0 bridgehead atoms. The number of ether oxygens (including phenoxy) is 4. The SMILES string of the molecule is CO[C@@H]1O[C@@H]2COC(c3ccccc3)O[C@H]2C[C@@H]1OS(=O)(=O)c1ccc(C)cc1. The highest BCUT2D eigenvalue weighted by Gasteiger charge is 2.45. The third kappa shape index (κ3) is 4.53. The van der Waals surface area contributed by atoms with Crippen LogP contribution in [-0.4, -0.2) is 46.7 Å². The molecule has 0 saturated carbocycles. The first kappa shape index (κ1) is 20.5. The molecule has 2 heterocycles. The van der Waals surface area contributed by atoms with Crippen LogP contribution < -0.4 is 0 Å². The fourth-order valence-electron chi connectivity index (χ4n) is 3.51. The van der Waals surface area contributed by atoms with E-state index in [1.807, 2.05) is 37.3 Å². The van der Waals surface area contributed by atoms with Crippen molar-refractivity contribution >= 4 is 10.1 Å². The van der Waals surface area contributed by atoms with Gasteiger partial charge in [0.25, 0.3) is 10.1 Å². The van der Waals surface area contributed by atoms with Crippen molar-refractivity contribution in [1.82, 2.24) is 0 Å². The second-order valence-electron chi connectivity index (χ2n) is 7.17. The van der Waals surface area contributed by atoms with Gasteiger partial charge < -0.3 is 18.9 Å². The molecule has 0 amide bonds. The number of hydrogen-bond donors (Lipinski definition) is 0. The van der Waals surface area contributed by atoms with Crippen molar-refractivity contribution in [3.63, 3.8) is 0 Å². The summed E-state index contributed by atoms with van der Waals surface area (Å²) in [7, 11) is -2.51. The molecule has 4 rings (SSSR count). The highest BCUT2D eigenvalue weighted by Crippen LogP contribution is 2.35. The molecule has 0 aromatic heterocycles. The minimum atomic E-state index is -3.97. The lowest BCUT2D eigenvalue weighted by Crippen LogP contribution is -2.54. The normalized spacial score (nSPS) is 29.9. The van der Waals surface area contributed by atoms with Gasteiger partial charge in [-0.1, -0.05) is 48.0 Å². The molecule has 0 spiro atoms. The van der Waals surface area contributed by atoms with E-state index in [0.717, 1.165) is 11.1 Å². The minimum Gasteiger partial charge on any atom is -0.353 e. The van der Waals surface area contributed by atoms with Gasteiger partial charge in [-0.05, 0) is 19.1 Å². The van der Waals surface area contributed by atoms with Gasteiger partial charge in [0.05, 0.1) is 17.6 Å². The van der Waals surface area contributed by atoms with Crippen molar-refractivity contribution in [2.24, 2.45) is 0 Å². The number of rotatable bonds is 5. The molecule has 1 unspecified atom stereocenters. The Labute approximate surface area is 170 Å². The van der Waals surface area contributed by atoms with E-state index in [0.29, 0.717) is 13.0 Å². The average Bonchev–Trinajstić information content (AvgIpc) is 2.73. The maximum Gasteiger partial charge on any atom is 0.297 e. The van der Waals surface area contributed by atoms with Gasteiger partial charge in [0, 0.05) is 19.1 Å². The molecule has 0 aliphatic carbocycles. The van der Waals surface area contributed by atoms with Gasteiger partial charge in [0.1, 0.15) is 12.2 Å². The van der Waals surface area contributed by atoms with E-state index in [2.05, 4.69) is 0 Å². The van der Waals surface area contributed by atoms with Crippen LogP contribution in [0.2, 0.25) is 0 Å². The molecule has 2 aromatic carbocycles. The van der Waals surface area contributed by atoms with Crippen molar-refractivity contribution < 1.29 is 31.5 Å². The largest absolute Gasteiger partial charge is 0.353 e. The van der Waals surface area contributed by atoms with E-state index in [1.165, 1.54) is 19.2 Å². The molecule has 2 aliphatic heterocycles. The van der Waals surface area contributed by atoms with Crippen molar-refractivity contribution in [2.75, 3.05) is 13.7 Å². The third-order valence-electron chi connectivity index (χ3n) is 5.07. The summed E-state index contributed by atoms with van der Waals surface area (Å²) in [6.45, 7) is 2.21. The Morgan fingerprint density at radius 2 is 1.69 bits per heavy atom. The number of hydrogen-bond acceptors (Lipinski definition) is 7. The fourth-order valence-corrected chi connectivity index (χ4v) is 4.58. The molecule has 2 saturated heterocycles. The summed E-state index contributed by atoms with van der Waals surface area (Å²) in [5.74, 6) is 0. The second-order valence-corrected chi connectivity index (χ2v) is 8.74. The minimum absolute atomic E-state index is 0.0927. The van der Waals surface area contributed by atoms with Gasteiger partial charge in [0.15, 0.2) is 12.6 Å². The summed E-state index contributed by atoms with van der Waals surface area (Å²) in [4.78, 5) is 0.0927. The topological polar surface area (TPSA) is 80.3 Å². The Balaban J connectivity index is 1.49. The molecule has 156 valence electrons. The van der Waals surface area contributed by atoms with Crippen LogP contribution in [0, 0.1) is 6.92 Å². The van der Waals surface area contributed by atoms with Gasteiger partial charge in [-0.15, -0.1) is 0 Å². The summed E-state index contributed by atoms with van der Waals surface area (Å²) in [5.41, 5.74) is 1.86. The molecular formula is C21H24O7S. The number of methoxy groups -OCH3 is 1. The van der Waals surface area contributed by atoms with Crippen molar-refractivity contribution in [3.8, 4) is 0 Å². The summed E-state index contributed by atoms with van der Waals surface area (Å²) in [5, 5.41) is 0. The fraction of sp³-hybridized carbons (Fsp3) is 0.429. The smallest absolute Gasteiger partial charge is 0.297 e. The second kappa shape index (κ2) is 8.51. The molecule has 7 nitrogen and oxygen atoms in total. The van der Waals surface area contributed by atoms with Crippen LogP contribution in [0.25, 0.3) is 0 Å². The Morgan fingerprint density at radius 1 is 0.966 bits per heavy atom. The van der Waals surface area contributed by atoms with Crippen LogP contribution in [-0.2, 0) is 33.2 Å². The van der Waals surface area contributed by atoms with E-state index < -0.39 is 28.8 Å². The van der Waals surface area contributed by atoms with Gasteiger partial charge >= 0.3 is 0 Å². The maximum atomic E-state index is 12.7. The van der Waals surface area contributed by atoms with Gasteiger partial charge in [-0.25, -0.2) is 0 Å². The zero-order chi connectivity index (χ0) is 20.4. The van der Waals surface area contributed by atoms with Gasteiger partial charge in [0.2, 0.25) is 0 Å². The van der Waals surface area contributed by atoms with Crippen LogP contribution >= 0.6 is 0 Å². The molecule has 0 N–H and O–H groups in total. The number of fused-ring (bicyclic) bond motifs is 1. The highest BCUT2D eigenvalue weighted by atomic mass is 32.2. The van der Waals surface area contributed by atoms with Gasteiger partial charge in [-0.2, -0.15) is 8.42 Å². The van der Waals surface area contributed by atoms with E-state index in [4.69, 9.17) is 23.1 Å². The van der Waals surface area contributed by atoms with Crippen molar-refractivity contribution in [1.29, 1.82) is 0 Å². The monoisotopic (exact) mass is 420 g/mol. The quantitative estimate of drug-likeness (QED) is 0.688. The van der Waals surface area contributed by atoms with Crippen LogP contribution in [0.3, 0.4) is 0 Å². The molecule has 29 heavy (non-hydrogen) atoms. The van der Waals surface area contributed by atoms with E-state index in [-0.39, 0.29) is 17.1 Å². The number of aryl methyl sites for hydroxylation is 1. The van der Waals surface area contributed by atoms with E-state index >= 15 is 0 Å². The predicted molar refractivity (Wildman–Crippen MR) is 104 cm³/mol. The Hall–Kier alpha value is -1.81. The lowest BCUT2D eigenvalue weighted by atomic mass is 10.0. The molecule has 0 radical (unpaired) electrons. The van der Waals surface area contributed by atoms with Crippen molar-refractivity contribution in [2.45, 2.75) is 49.1 Å². The Bertz CT molecular complexity index is 914. The first-order valence-electron chi connectivity index (χ1n) is 9.46. The summed E-state index contributed by atoms with van der Waals surface area (Å²) in [6, 6.07) is 16.1. The van der Waals surface area contributed by atoms with Crippen LogP contribution in [0.15, 0.2) is 59.5 Å². The van der Waals surface area contributed by atoms with Crippen LogP contribution in [0.1, 0.15) is 23.8 Å². The number of benzene rings is 2. The third-order valence-corrected chi connectivity index (χ3v) is 6.42. The highest BCUT2D eigenvalue weighted by molar-refractivity contribution is 7.86. The molecule has 2 fully saturated rings. The zero-order valence-corrected chi connectivity index (χ0v) is 17.1. The lowest BCUT2D eigenvalue weighted by Gasteiger charge is -2.44. The van der Waals surface area contributed by atoms with Crippen molar-refractivity contribution in [3.05, 3.63) is 65.7 Å². The summed E-state index contributed by atoms with van der Waals surface area (Å²) in [6.07, 6.45) is -2.63. The zero-order valence-electron chi connectivity index (χ0n) is 16.3. The first-order chi connectivity index (χ1) is 14.0. The van der Waals surface area contributed by atoms with E-state index in [9.17, 15) is 8.42 Å². The van der Waals surface area contributed by atoms with Gasteiger partial charge in [-0.3, -0.25) is 4.18 Å². The average molecular weight is 420 g/mol. The Kier molecular flexibility index (Phi) is 6.00. The summed E-state index contributed by atoms with van der Waals surface area (Å²) >= 11 is 0. The molecule has 5 atom stereocenters. The molecule has 8 heteroatoms. The predicted octanol–water partition coefficient (Wildman–Crippen LogP) is 2.94. The van der Waals surface area contributed by atoms with Crippen LogP contribution in [0.4, 0.5) is 0 Å². The lowest BCUT2D eigenvalue weighted by molar-refractivity contribution is -0.330. The standard InChI is InChI=1S/C21H24O7S/c1-14-8-10-16(11-9-14)29(22,23)28-18-12-17-19(27-21(18)24-2)13-25-20(26-17)15-6-4-3-5-7-15/h3-11,17-21H,12-13H2,1-2H3/t17-,18-,19+,20?,21+/m0/s1. The Morgan fingerprint density at radius 3 is 2.38 bits per heavy atom. The maximum absolute atomic E-state index is 12.7.